The number of nitrogens with zero attached hydrogens (tertiary/aromatic N) is 3. The molecule has 5 rings (SSSR count). The van der Waals surface area contributed by atoms with E-state index in [9.17, 15) is 9.18 Å². The minimum Gasteiger partial charge on any atom is -0.376 e. The number of carbonyl (C=O) groups excluding carboxylic acids is 1. The van der Waals surface area contributed by atoms with Crippen LogP contribution in [0.4, 0.5) is 4.39 Å². The van der Waals surface area contributed by atoms with Crippen LogP contribution in [0, 0.1) is 11.7 Å². The topological polar surface area (TPSA) is 47.4 Å². The zero-order valence-corrected chi connectivity index (χ0v) is 18.3. The lowest BCUT2D eigenvalue weighted by Gasteiger charge is -2.41. The summed E-state index contributed by atoms with van der Waals surface area (Å²) in [4.78, 5) is 19.7. The number of likely N-dealkylation sites (tertiary alicyclic amines) is 1. The number of carbonyl (C=O) groups is 1. The van der Waals surface area contributed by atoms with Gasteiger partial charge in [0.1, 0.15) is 11.5 Å². The Morgan fingerprint density at radius 3 is 2.94 bits per heavy atom. The van der Waals surface area contributed by atoms with Gasteiger partial charge in [-0.2, -0.15) is 0 Å². The third kappa shape index (κ3) is 3.95. The predicted molar refractivity (Wildman–Crippen MR) is 121 cm³/mol. The zero-order valence-electron chi connectivity index (χ0n) is 18.3. The molecule has 3 atom stereocenters. The van der Waals surface area contributed by atoms with Crippen LogP contribution < -0.4 is 0 Å². The molecule has 1 unspecified atom stereocenters. The Balaban J connectivity index is 1.42. The highest BCUT2D eigenvalue weighted by molar-refractivity contribution is 5.92. The first-order valence-corrected chi connectivity index (χ1v) is 11.4. The number of fused-ring (bicyclic) bond motifs is 1. The Kier molecular flexibility index (Phi) is 5.79. The molecule has 2 aliphatic rings. The largest absolute Gasteiger partial charge is 0.376 e. The summed E-state index contributed by atoms with van der Waals surface area (Å²) < 4.78 is 21.8. The number of aromatic nitrogens is 2. The Labute approximate surface area is 187 Å². The van der Waals surface area contributed by atoms with Gasteiger partial charge in [-0.1, -0.05) is 36.4 Å². The van der Waals surface area contributed by atoms with E-state index in [1.54, 1.807) is 24.7 Å². The molecule has 3 aromatic rings. The van der Waals surface area contributed by atoms with Crippen molar-refractivity contribution in [3.63, 3.8) is 0 Å². The Morgan fingerprint density at radius 2 is 2.06 bits per heavy atom. The van der Waals surface area contributed by atoms with Gasteiger partial charge in [0.05, 0.1) is 24.7 Å². The van der Waals surface area contributed by atoms with Gasteiger partial charge < -0.3 is 14.2 Å². The second-order valence-corrected chi connectivity index (χ2v) is 8.81. The van der Waals surface area contributed by atoms with Crippen LogP contribution in [0.25, 0.3) is 11.1 Å². The quantitative estimate of drug-likeness (QED) is 0.586. The summed E-state index contributed by atoms with van der Waals surface area (Å²) in [6, 6.07) is 14.4. The van der Waals surface area contributed by atoms with E-state index in [4.69, 9.17) is 4.74 Å². The van der Waals surface area contributed by atoms with Crippen LogP contribution in [0.2, 0.25) is 0 Å². The predicted octanol–water partition coefficient (Wildman–Crippen LogP) is 4.94. The molecule has 0 aliphatic carbocycles. The van der Waals surface area contributed by atoms with E-state index >= 15 is 0 Å². The fraction of sp³-hybridized carbons (Fsp3) is 0.385. The van der Waals surface area contributed by atoms with E-state index in [-0.39, 0.29) is 23.9 Å². The van der Waals surface area contributed by atoms with E-state index in [1.807, 2.05) is 46.7 Å². The maximum absolute atomic E-state index is 13.9. The van der Waals surface area contributed by atoms with Crippen molar-refractivity contribution in [1.29, 1.82) is 0 Å². The first-order valence-electron chi connectivity index (χ1n) is 11.4. The molecule has 166 valence electrons. The summed E-state index contributed by atoms with van der Waals surface area (Å²) in [5, 5.41) is 0. The molecule has 1 aromatic heterocycles. The first kappa shape index (κ1) is 20.9. The molecule has 0 spiro atoms. The summed E-state index contributed by atoms with van der Waals surface area (Å²) in [5.74, 6) is 0.289. The van der Waals surface area contributed by atoms with Gasteiger partial charge in [0.15, 0.2) is 0 Å². The van der Waals surface area contributed by atoms with Crippen molar-refractivity contribution in [3.05, 3.63) is 78.1 Å². The van der Waals surface area contributed by atoms with Crippen LogP contribution in [0.1, 0.15) is 48.3 Å². The molecule has 32 heavy (non-hydrogen) atoms. The number of halogens is 1. The Hall–Kier alpha value is -2.99. The molecule has 2 fully saturated rings. The van der Waals surface area contributed by atoms with Gasteiger partial charge in [0, 0.05) is 19.7 Å². The molecule has 6 heteroatoms. The minimum atomic E-state index is -0.267. The normalized spacial score (nSPS) is 21.8. The van der Waals surface area contributed by atoms with Crippen LogP contribution in [0.15, 0.2) is 61.1 Å². The molecule has 0 bridgehead atoms. The molecule has 2 aliphatic heterocycles. The summed E-state index contributed by atoms with van der Waals surface area (Å²) in [5.41, 5.74) is 3.35. The van der Waals surface area contributed by atoms with Crippen molar-refractivity contribution in [2.75, 3.05) is 19.7 Å². The van der Waals surface area contributed by atoms with Gasteiger partial charge in [-0.05, 0) is 60.9 Å². The van der Waals surface area contributed by atoms with E-state index in [0.717, 1.165) is 42.7 Å². The summed E-state index contributed by atoms with van der Waals surface area (Å²) in [6.45, 7) is 4.23. The summed E-state index contributed by atoms with van der Waals surface area (Å²) >= 11 is 0. The number of amides is 1. The molecular formula is C26H28FN3O2. The van der Waals surface area contributed by atoms with Gasteiger partial charge in [-0.25, -0.2) is 9.37 Å². The van der Waals surface area contributed by atoms with Crippen molar-refractivity contribution in [2.45, 2.75) is 38.3 Å². The number of hydrogen-bond acceptors (Lipinski definition) is 3. The monoisotopic (exact) mass is 433 g/mol. The molecule has 0 N–H and O–H groups in total. The average molecular weight is 434 g/mol. The lowest BCUT2D eigenvalue weighted by molar-refractivity contribution is -0.0629. The summed E-state index contributed by atoms with van der Waals surface area (Å²) in [7, 11) is 0. The smallest absolute Gasteiger partial charge is 0.272 e. The summed E-state index contributed by atoms with van der Waals surface area (Å²) in [6.07, 6.45) is 6.80. The molecular weight excluding hydrogens is 405 g/mol. The van der Waals surface area contributed by atoms with Gasteiger partial charge in [0.25, 0.3) is 5.91 Å². The molecule has 0 radical (unpaired) electrons. The Morgan fingerprint density at radius 1 is 1.19 bits per heavy atom. The number of hydrogen-bond donors (Lipinski definition) is 0. The number of benzene rings is 2. The third-order valence-electron chi connectivity index (χ3n) is 6.88. The first-order chi connectivity index (χ1) is 15.6. The SMILES string of the molecule is C[C@@H](c1ccccc1-c1cccc(F)c1)n1cncc1C(=O)N1CCC2CCCO[C@@H]2C1. The molecule has 0 saturated carbocycles. The third-order valence-corrected chi connectivity index (χ3v) is 6.88. The van der Waals surface area contributed by atoms with Crippen molar-refractivity contribution >= 4 is 5.91 Å². The maximum atomic E-state index is 13.9. The Bertz CT molecular complexity index is 1110. The molecule has 2 aromatic carbocycles. The van der Waals surface area contributed by atoms with Crippen molar-refractivity contribution < 1.29 is 13.9 Å². The van der Waals surface area contributed by atoms with Crippen LogP contribution in [0.3, 0.4) is 0 Å². The fourth-order valence-corrected chi connectivity index (χ4v) is 5.12. The van der Waals surface area contributed by atoms with Crippen molar-refractivity contribution in [2.24, 2.45) is 5.92 Å². The zero-order chi connectivity index (χ0) is 22.1. The highest BCUT2D eigenvalue weighted by atomic mass is 19.1. The second kappa shape index (κ2) is 8.87. The van der Waals surface area contributed by atoms with Crippen molar-refractivity contribution in [1.82, 2.24) is 14.5 Å². The fourth-order valence-electron chi connectivity index (χ4n) is 5.12. The molecule has 5 nitrogen and oxygen atoms in total. The van der Waals surface area contributed by atoms with Gasteiger partial charge in [-0.3, -0.25) is 4.79 Å². The average Bonchev–Trinajstić information content (AvgIpc) is 3.33. The minimum absolute atomic E-state index is 0.00906. The van der Waals surface area contributed by atoms with Crippen LogP contribution >= 0.6 is 0 Å². The number of rotatable bonds is 4. The number of piperidine rings is 1. The standard InChI is InChI=1S/C26H28FN3O2/c1-18(22-9-2-3-10-23(22)20-6-4-8-21(27)14-20)30-17-28-15-24(30)26(31)29-12-11-19-7-5-13-32-25(19)16-29/h2-4,6,8-10,14-15,17-19,25H,5,7,11-13,16H2,1H3/t18-,19?,25+/m0/s1. The van der Waals surface area contributed by atoms with Gasteiger partial charge >= 0.3 is 0 Å². The van der Waals surface area contributed by atoms with E-state index in [2.05, 4.69) is 4.98 Å². The second-order valence-electron chi connectivity index (χ2n) is 8.81. The lowest BCUT2D eigenvalue weighted by Crippen LogP contribution is -2.49. The van der Waals surface area contributed by atoms with E-state index in [0.29, 0.717) is 18.2 Å². The highest BCUT2D eigenvalue weighted by Crippen LogP contribution is 2.33. The lowest BCUT2D eigenvalue weighted by atomic mass is 9.87. The highest BCUT2D eigenvalue weighted by Gasteiger charge is 2.35. The maximum Gasteiger partial charge on any atom is 0.272 e. The van der Waals surface area contributed by atoms with Crippen LogP contribution in [-0.4, -0.2) is 46.2 Å². The van der Waals surface area contributed by atoms with Crippen LogP contribution in [-0.2, 0) is 4.74 Å². The molecule has 1 amide bonds. The molecule has 2 saturated heterocycles. The number of ether oxygens (including phenoxy) is 1. The van der Waals surface area contributed by atoms with E-state index in [1.165, 1.54) is 12.5 Å². The van der Waals surface area contributed by atoms with Crippen LogP contribution in [0.5, 0.6) is 0 Å². The number of imidazole rings is 1. The van der Waals surface area contributed by atoms with Gasteiger partial charge in [-0.15, -0.1) is 0 Å². The molecule has 3 heterocycles. The van der Waals surface area contributed by atoms with E-state index < -0.39 is 0 Å². The van der Waals surface area contributed by atoms with Gasteiger partial charge in [0.2, 0.25) is 0 Å². The van der Waals surface area contributed by atoms with Crippen molar-refractivity contribution in [3.8, 4) is 11.1 Å².